The number of nitrogens with zero attached hydrogens (tertiary/aromatic N) is 1. The number of methoxy groups -OCH3 is 1. The van der Waals surface area contributed by atoms with Crippen molar-refractivity contribution >= 4 is 0 Å². The number of nitrogens with two attached hydrogens (primary N) is 1. The zero-order valence-corrected chi connectivity index (χ0v) is 6.87. The highest BCUT2D eigenvalue weighted by Gasteiger charge is 2.05. The van der Waals surface area contributed by atoms with Gasteiger partial charge in [-0.2, -0.15) is 5.26 Å². The van der Waals surface area contributed by atoms with Crippen LogP contribution in [0.1, 0.15) is 11.1 Å². The lowest BCUT2D eigenvalue weighted by Crippen LogP contribution is -2.00. The van der Waals surface area contributed by atoms with Crippen molar-refractivity contribution in [3.05, 3.63) is 29.3 Å². The largest absolute Gasteiger partial charge is 0.495 e. The van der Waals surface area contributed by atoms with E-state index < -0.39 is 0 Å². The predicted octanol–water partition coefficient (Wildman–Crippen LogP) is 1.03. The molecule has 0 radical (unpaired) electrons. The maximum atomic E-state index is 8.78. The second-order valence-electron chi connectivity index (χ2n) is 2.31. The van der Waals surface area contributed by atoms with Crippen LogP contribution in [-0.4, -0.2) is 7.11 Å². The summed E-state index contributed by atoms with van der Waals surface area (Å²) in [5.74, 6) is 0.584. The van der Waals surface area contributed by atoms with Gasteiger partial charge in [-0.05, 0) is 11.6 Å². The van der Waals surface area contributed by atoms with Crippen molar-refractivity contribution in [3.63, 3.8) is 0 Å². The minimum Gasteiger partial charge on any atom is -0.495 e. The summed E-state index contributed by atoms with van der Waals surface area (Å²) in [6, 6.07) is 7.45. The Morgan fingerprint density at radius 1 is 1.58 bits per heavy atom. The van der Waals surface area contributed by atoms with Crippen LogP contribution in [-0.2, 0) is 6.54 Å². The molecule has 0 aliphatic rings. The number of hydrogen-bond acceptors (Lipinski definition) is 3. The van der Waals surface area contributed by atoms with Gasteiger partial charge in [0, 0.05) is 6.54 Å². The van der Waals surface area contributed by atoms with E-state index in [0.29, 0.717) is 17.9 Å². The van der Waals surface area contributed by atoms with Crippen LogP contribution in [0.2, 0.25) is 0 Å². The smallest absolute Gasteiger partial charge is 0.136 e. The van der Waals surface area contributed by atoms with Crippen LogP contribution >= 0.6 is 0 Å². The lowest BCUT2D eigenvalue weighted by molar-refractivity contribution is 0.413. The predicted molar refractivity (Wildman–Crippen MR) is 45.6 cm³/mol. The first kappa shape index (κ1) is 8.57. The van der Waals surface area contributed by atoms with Crippen molar-refractivity contribution < 1.29 is 4.74 Å². The summed E-state index contributed by atoms with van der Waals surface area (Å²) < 4.78 is 5.00. The summed E-state index contributed by atoms with van der Waals surface area (Å²) in [5.41, 5.74) is 6.79. The molecule has 3 heteroatoms. The molecule has 0 aromatic heterocycles. The van der Waals surface area contributed by atoms with Crippen molar-refractivity contribution in [1.29, 1.82) is 5.26 Å². The van der Waals surface area contributed by atoms with Crippen molar-refractivity contribution in [1.82, 2.24) is 0 Å². The molecule has 0 bridgehead atoms. The average Bonchev–Trinajstić information content (AvgIpc) is 2.16. The van der Waals surface area contributed by atoms with Gasteiger partial charge in [0.25, 0.3) is 0 Å². The van der Waals surface area contributed by atoms with Gasteiger partial charge in [0.2, 0.25) is 0 Å². The lowest BCUT2D eigenvalue weighted by Gasteiger charge is -2.05. The number of rotatable bonds is 2. The molecule has 0 unspecified atom stereocenters. The van der Waals surface area contributed by atoms with E-state index in [4.69, 9.17) is 15.7 Å². The minimum atomic E-state index is 0.361. The topological polar surface area (TPSA) is 59.0 Å². The fourth-order valence-electron chi connectivity index (χ4n) is 1.04. The highest BCUT2D eigenvalue weighted by Crippen LogP contribution is 2.20. The highest BCUT2D eigenvalue weighted by molar-refractivity contribution is 5.48. The summed E-state index contributed by atoms with van der Waals surface area (Å²) in [7, 11) is 1.54. The number of ether oxygens (including phenoxy) is 1. The molecule has 12 heavy (non-hydrogen) atoms. The summed E-state index contributed by atoms with van der Waals surface area (Å²) in [6.07, 6.45) is 0. The maximum Gasteiger partial charge on any atom is 0.136 e. The monoisotopic (exact) mass is 162 g/mol. The molecule has 0 aliphatic carbocycles. The van der Waals surface area contributed by atoms with E-state index in [1.165, 1.54) is 7.11 Å². The molecule has 0 heterocycles. The van der Waals surface area contributed by atoms with Crippen LogP contribution in [0.15, 0.2) is 18.2 Å². The lowest BCUT2D eigenvalue weighted by atomic mass is 10.1. The Morgan fingerprint density at radius 2 is 2.33 bits per heavy atom. The van der Waals surface area contributed by atoms with Gasteiger partial charge >= 0.3 is 0 Å². The van der Waals surface area contributed by atoms with Crippen molar-refractivity contribution in [2.45, 2.75) is 6.54 Å². The van der Waals surface area contributed by atoms with Crippen LogP contribution in [0.5, 0.6) is 5.75 Å². The molecule has 0 fully saturated rings. The second-order valence-corrected chi connectivity index (χ2v) is 2.31. The zero-order valence-electron chi connectivity index (χ0n) is 6.87. The van der Waals surface area contributed by atoms with Gasteiger partial charge < -0.3 is 10.5 Å². The average molecular weight is 162 g/mol. The first-order chi connectivity index (χ1) is 5.83. The van der Waals surface area contributed by atoms with Gasteiger partial charge in [0.1, 0.15) is 11.8 Å². The molecule has 1 aromatic rings. The summed E-state index contributed by atoms with van der Waals surface area (Å²) >= 11 is 0. The van der Waals surface area contributed by atoms with E-state index in [1.54, 1.807) is 6.07 Å². The molecule has 0 aliphatic heterocycles. The summed E-state index contributed by atoms with van der Waals surface area (Å²) in [4.78, 5) is 0. The molecular weight excluding hydrogens is 152 g/mol. The van der Waals surface area contributed by atoms with Crippen LogP contribution in [0.4, 0.5) is 0 Å². The number of hydrogen-bond donors (Lipinski definition) is 1. The second kappa shape index (κ2) is 3.74. The van der Waals surface area contributed by atoms with Crippen LogP contribution in [0.3, 0.4) is 0 Å². The standard InChI is InChI=1S/C9H10N2O/c1-12-9-4-2-3-7(5-10)8(9)6-11/h2-4H,5,10H2,1H3. The normalized spacial score (nSPS) is 9.08. The van der Waals surface area contributed by atoms with Gasteiger partial charge in [-0.1, -0.05) is 12.1 Å². The van der Waals surface area contributed by atoms with Gasteiger partial charge in [-0.15, -0.1) is 0 Å². The first-order valence-electron chi connectivity index (χ1n) is 3.59. The Labute approximate surface area is 71.4 Å². The van der Waals surface area contributed by atoms with Gasteiger partial charge in [-0.3, -0.25) is 0 Å². The van der Waals surface area contributed by atoms with Crippen LogP contribution < -0.4 is 10.5 Å². The maximum absolute atomic E-state index is 8.78. The van der Waals surface area contributed by atoms with Gasteiger partial charge in [0.15, 0.2) is 0 Å². The number of benzene rings is 1. The Bertz CT molecular complexity index is 293. The molecule has 0 saturated heterocycles. The van der Waals surface area contributed by atoms with Crippen molar-refractivity contribution in [2.24, 2.45) is 5.73 Å². The third kappa shape index (κ3) is 1.39. The van der Waals surface area contributed by atoms with Crippen LogP contribution in [0, 0.1) is 11.3 Å². The highest BCUT2D eigenvalue weighted by atomic mass is 16.5. The van der Waals surface area contributed by atoms with E-state index in [0.717, 1.165) is 5.56 Å². The molecule has 0 spiro atoms. The van der Waals surface area contributed by atoms with E-state index >= 15 is 0 Å². The third-order valence-corrected chi connectivity index (χ3v) is 1.66. The molecule has 1 rings (SSSR count). The first-order valence-corrected chi connectivity index (χ1v) is 3.59. The van der Waals surface area contributed by atoms with E-state index in [1.807, 2.05) is 12.1 Å². The Hall–Kier alpha value is -1.53. The van der Waals surface area contributed by atoms with Gasteiger partial charge in [-0.25, -0.2) is 0 Å². The van der Waals surface area contributed by atoms with Crippen molar-refractivity contribution in [3.8, 4) is 11.8 Å². The molecular formula is C9H10N2O. The Balaban J connectivity index is 3.25. The van der Waals surface area contributed by atoms with E-state index in [2.05, 4.69) is 6.07 Å². The third-order valence-electron chi connectivity index (χ3n) is 1.66. The minimum absolute atomic E-state index is 0.361. The van der Waals surface area contributed by atoms with E-state index in [9.17, 15) is 0 Å². The Kier molecular flexibility index (Phi) is 2.67. The summed E-state index contributed by atoms with van der Waals surface area (Å²) in [5, 5.41) is 8.78. The molecule has 0 amide bonds. The van der Waals surface area contributed by atoms with Gasteiger partial charge in [0.05, 0.1) is 12.7 Å². The number of nitriles is 1. The molecule has 62 valence electrons. The SMILES string of the molecule is COc1cccc(CN)c1C#N. The molecule has 1 aromatic carbocycles. The molecule has 2 N–H and O–H groups in total. The molecule has 0 saturated carbocycles. The fraction of sp³-hybridized carbons (Fsp3) is 0.222. The zero-order chi connectivity index (χ0) is 8.97. The van der Waals surface area contributed by atoms with E-state index in [-0.39, 0.29) is 0 Å². The van der Waals surface area contributed by atoms with Crippen molar-refractivity contribution in [2.75, 3.05) is 7.11 Å². The molecule has 3 nitrogen and oxygen atoms in total. The molecule has 0 atom stereocenters. The summed E-state index contributed by atoms with van der Waals surface area (Å²) in [6.45, 7) is 0.361. The quantitative estimate of drug-likeness (QED) is 0.706. The van der Waals surface area contributed by atoms with Crippen LogP contribution in [0.25, 0.3) is 0 Å². The fourth-order valence-corrected chi connectivity index (χ4v) is 1.04. The Morgan fingerprint density at radius 3 is 2.83 bits per heavy atom.